The zero-order valence-corrected chi connectivity index (χ0v) is 22.9. The average molecular weight is 568 g/mol. The molecular formula is C29H24Cl2N2O2S2. The third-order valence-electron chi connectivity index (χ3n) is 5.25. The van der Waals surface area contributed by atoms with Gasteiger partial charge in [0.25, 0.3) is 0 Å². The molecule has 4 nitrogen and oxygen atoms in total. The van der Waals surface area contributed by atoms with Crippen molar-refractivity contribution in [2.75, 3.05) is 22.1 Å². The lowest BCUT2D eigenvalue weighted by atomic mass is 10.0. The van der Waals surface area contributed by atoms with Gasteiger partial charge >= 0.3 is 0 Å². The van der Waals surface area contributed by atoms with Crippen LogP contribution in [0.15, 0.2) is 107 Å². The van der Waals surface area contributed by atoms with E-state index < -0.39 is 0 Å². The van der Waals surface area contributed by atoms with Crippen LogP contribution in [0.5, 0.6) is 0 Å². The standard InChI is InChI=1S/C29H24Cl2N2O2S2/c30-22-5-13-26(14-6-22)36-18-28(34)32-24-9-1-20(2-10-24)17-21-3-11-25(12-4-21)33-29(35)19-37-27-15-7-23(31)8-16-27/h1-16H,17-19H2,(H,32,34)(H,33,35). The number of hydrogen-bond acceptors (Lipinski definition) is 4. The number of hydrogen-bond donors (Lipinski definition) is 2. The molecule has 188 valence electrons. The van der Waals surface area contributed by atoms with Crippen LogP contribution < -0.4 is 10.6 Å². The first-order valence-electron chi connectivity index (χ1n) is 11.5. The lowest BCUT2D eigenvalue weighted by Crippen LogP contribution is -2.14. The molecule has 0 bridgehead atoms. The first kappa shape index (κ1) is 27.1. The summed E-state index contributed by atoms with van der Waals surface area (Å²) in [5, 5.41) is 7.22. The van der Waals surface area contributed by atoms with E-state index >= 15 is 0 Å². The Morgan fingerprint density at radius 2 is 0.892 bits per heavy atom. The SMILES string of the molecule is O=C(CSc1ccc(Cl)cc1)Nc1ccc(Cc2ccc(NC(=O)CSc3ccc(Cl)cc3)cc2)cc1. The minimum Gasteiger partial charge on any atom is -0.325 e. The highest BCUT2D eigenvalue weighted by molar-refractivity contribution is 8.00. The van der Waals surface area contributed by atoms with Crippen LogP contribution in [-0.2, 0) is 16.0 Å². The number of amides is 2. The number of thioether (sulfide) groups is 2. The molecule has 0 spiro atoms. The van der Waals surface area contributed by atoms with Gasteiger partial charge in [-0.3, -0.25) is 9.59 Å². The monoisotopic (exact) mass is 566 g/mol. The second-order valence-electron chi connectivity index (χ2n) is 8.15. The van der Waals surface area contributed by atoms with E-state index in [-0.39, 0.29) is 11.8 Å². The molecule has 0 aliphatic heterocycles. The Morgan fingerprint density at radius 1 is 0.541 bits per heavy atom. The van der Waals surface area contributed by atoms with E-state index in [0.29, 0.717) is 21.6 Å². The minimum absolute atomic E-state index is 0.0584. The van der Waals surface area contributed by atoms with Gasteiger partial charge in [0.1, 0.15) is 0 Å². The Balaban J connectivity index is 1.21. The highest BCUT2D eigenvalue weighted by Crippen LogP contribution is 2.22. The number of carbonyl (C=O) groups is 2. The summed E-state index contributed by atoms with van der Waals surface area (Å²) in [4.78, 5) is 26.5. The van der Waals surface area contributed by atoms with Gasteiger partial charge in [0.2, 0.25) is 11.8 Å². The molecule has 0 aliphatic carbocycles. The summed E-state index contributed by atoms with van der Waals surface area (Å²) >= 11 is 14.7. The van der Waals surface area contributed by atoms with E-state index in [4.69, 9.17) is 23.2 Å². The van der Waals surface area contributed by atoms with Gasteiger partial charge in [0.15, 0.2) is 0 Å². The molecule has 4 rings (SSSR count). The molecule has 4 aromatic rings. The summed E-state index contributed by atoms with van der Waals surface area (Å²) in [5.41, 5.74) is 3.79. The van der Waals surface area contributed by atoms with E-state index in [1.54, 1.807) is 0 Å². The smallest absolute Gasteiger partial charge is 0.234 e. The fourth-order valence-corrected chi connectivity index (χ4v) is 5.05. The van der Waals surface area contributed by atoms with Crippen LogP contribution in [-0.4, -0.2) is 23.3 Å². The molecule has 0 fully saturated rings. The first-order chi connectivity index (χ1) is 17.9. The zero-order chi connectivity index (χ0) is 26.0. The van der Waals surface area contributed by atoms with Crippen LogP contribution in [0.4, 0.5) is 11.4 Å². The number of benzene rings is 4. The van der Waals surface area contributed by atoms with Crippen LogP contribution in [0.25, 0.3) is 0 Å². The van der Waals surface area contributed by atoms with E-state index in [0.717, 1.165) is 38.7 Å². The molecule has 2 amide bonds. The highest BCUT2D eigenvalue weighted by Gasteiger charge is 2.06. The normalized spacial score (nSPS) is 10.6. The molecule has 4 aromatic carbocycles. The van der Waals surface area contributed by atoms with Crippen molar-refractivity contribution < 1.29 is 9.59 Å². The van der Waals surface area contributed by atoms with Gasteiger partial charge in [-0.05, 0) is 90.3 Å². The number of anilines is 2. The van der Waals surface area contributed by atoms with Crippen molar-refractivity contribution >= 4 is 69.9 Å². The van der Waals surface area contributed by atoms with Crippen LogP contribution in [0.2, 0.25) is 10.0 Å². The van der Waals surface area contributed by atoms with Crippen molar-refractivity contribution in [2.45, 2.75) is 16.2 Å². The predicted molar refractivity (Wildman–Crippen MR) is 157 cm³/mol. The van der Waals surface area contributed by atoms with Gasteiger partial charge in [-0.15, -0.1) is 23.5 Å². The number of rotatable bonds is 10. The largest absolute Gasteiger partial charge is 0.325 e. The van der Waals surface area contributed by atoms with E-state index in [9.17, 15) is 9.59 Å². The van der Waals surface area contributed by atoms with Gasteiger partial charge in [0.05, 0.1) is 11.5 Å². The molecule has 0 aliphatic rings. The van der Waals surface area contributed by atoms with Crippen LogP contribution in [0.3, 0.4) is 0 Å². The van der Waals surface area contributed by atoms with Crippen LogP contribution in [0.1, 0.15) is 11.1 Å². The maximum atomic E-state index is 12.3. The second kappa shape index (κ2) is 13.6. The predicted octanol–water partition coefficient (Wildman–Crippen LogP) is 8.05. The van der Waals surface area contributed by atoms with Crippen molar-refractivity contribution in [2.24, 2.45) is 0 Å². The zero-order valence-electron chi connectivity index (χ0n) is 19.7. The quantitative estimate of drug-likeness (QED) is 0.191. The molecule has 37 heavy (non-hydrogen) atoms. The summed E-state index contributed by atoms with van der Waals surface area (Å²) in [5.74, 6) is 0.534. The average Bonchev–Trinajstić information content (AvgIpc) is 2.90. The topological polar surface area (TPSA) is 58.2 Å². The lowest BCUT2D eigenvalue weighted by molar-refractivity contribution is -0.114. The highest BCUT2D eigenvalue weighted by atomic mass is 35.5. The van der Waals surface area contributed by atoms with Crippen LogP contribution >= 0.6 is 46.7 Å². The molecule has 0 unspecified atom stereocenters. The van der Waals surface area contributed by atoms with Gasteiger partial charge in [-0.1, -0.05) is 47.5 Å². The number of carbonyl (C=O) groups excluding carboxylic acids is 2. The first-order valence-corrected chi connectivity index (χ1v) is 14.2. The Hall–Kier alpha value is -2.90. The second-order valence-corrected chi connectivity index (χ2v) is 11.1. The lowest BCUT2D eigenvalue weighted by Gasteiger charge is -2.09. The summed E-state index contributed by atoms with van der Waals surface area (Å²) < 4.78 is 0. The van der Waals surface area contributed by atoms with Crippen molar-refractivity contribution in [1.82, 2.24) is 0 Å². The van der Waals surface area contributed by atoms with Crippen molar-refractivity contribution in [3.05, 3.63) is 118 Å². The third-order valence-corrected chi connectivity index (χ3v) is 7.78. The minimum atomic E-state index is -0.0584. The van der Waals surface area contributed by atoms with Crippen molar-refractivity contribution in [3.8, 4) is 0 Å². The molecule has 0 saturated carbocycles. The summed E-state index contributed by atoms with van der Waals surface area (Å²) in [7, 11) is 0. The van der Waals surface area contributed by atoms with E-state index in [1.807, 2.05) is 97.1 Å². The molecule has 0 heterocycles. The molecular weight excluding hydrogens is 543 g/mol. The Kier molecular flexibility index (Phi) is 9.97. The van der Waals surface area contributed by atoms with Gasteiger partial charge in [-0.2, -0.15) is 0 Å². The fourth-order valence-electron chi connectivity index (χ4n) is 3.40. The van der Waals surface area contributed by atoms with E-state index in [1.165, 1.54) is 23.5 Å². The number of halogens is 2. The summed E-state index contributed by atoms with van der Waals surface area (Å²) in [6.07, 6.45) is 0.751. The molecule has 0 saturated heterocycles. The molecule has 8 heteroatoms. The van der Waals surface area contributed by atoms with E-state index in [2.05, 4.69) is 10.6 Å². The Bertz CT molecular complexity index is 1220. The molecule has 2 N–H and O–H groups in total. The molecule has 0 aromatic heterocycles. The maximum Gasteiger partial charge on any atom is 0.234 e. The van der Waals surface area contributed by atoms with Gasteiger partial charge in [-0.25, -0.2) is 0 Å². The summed E-state index contributed by atoms with van der Waals surface area (Å²) in [6.45, 7) is 0. The Labute approximate surface area is 235 Å². The van der Waals surface area contributed by atoms with Crippen molar-refractivity contribution in [3.63, 3.8) is 0 Å². The fraction of sp³-hybridized carbons (Fsp3) is 0.103. The van der Waals surface area contributed by atoms with Crippen molar-refractivity contribution in [1.29, 1.82) is 0 Å². The molecule has 0 atom stereocenters. The van der Waals surface area contributed by atoms with Gasteiger partial charge in [0, 0.05) is 31.2 Å². The van der Waals surface area contributed by atoms with Gasteiger partial charge < -0.3 is 10.6 Å². The summed E-state index contributed by atoms with van der Waals surface area (Å²) in [6, 6.07) is 30.5. The maximum absolute atomic E-state index is 12.3. The number of nitrogens with one attached hydrogen (secondary N) is 2. The molecule has 0 radical (unpaired) electrons. The van der Waals surface area contributed by atoms with Crippen LogP contribution in [0, 0.1) is 0 Å². The third kappa shape index (κ3) is 9.17. The Morgan fingerprint density at radius 3 is 1.24 bits per heavy atom.